The average Bonchev–Trinajstić information content (AvgIpc) is 2.82. The number of ketones is 1. The van der Waals surface area contributed by atoms with Gasteiger partial charge in [-0.15, -0.1) is 0 Å². The second-order valence-corrected chi connectivity index (χ2v) is 4.85. The van der Waals surface area contributed by atoms with Crippen LogP contribution >= 0.6 is 11.6 Å². The molecular formula is C15H7ClF3NO. The number of H-pyrrole nitrogens is 1. The van der Waals surface area contributed by atoms with Crippen molar-refractivity contribution in [3.63, 3.8) is 0 Å². The maximum atomic E-state index is 13.7. The summed E-state index contributed by atoms with van der Waals surface area (Å²) >= 11 is 5.96. The van der Waals surface area contributed by atoms with Crippen LogP contribution in [0.1, 0.15) is 15.9 Å². The molecule has 1 N–H and O–H groups in total. The largest absolute Gasteiger partial charge is 0.359 e. The number of para-hydroxylation sites is 1. The first kappa shape index (κ1) is 13.7. The van der Waals surface area contributed by atoms with Gasteiger partial charge in [-0.2, -0.15) is 0 Å². The third kappa shape index (κ3) is 2.19. The Morgan fingerprint density at radius 3 is 2.43 bits per heavy atom. The summed E-state index contributed by atoms with van der Waals surface area (Å²) in [6.45, 7) is 0. The van der Waals surface area contributed by atoms with E-state index in [1.54, 1.807) is 18.2 Å². The molecule has 0 atom stereocenters. The van der Waals surface area contributed by atoms with Gasteiger partial charge >= 0.3 is 0 Å². The van der Waals surface area contributed by atoms with Crippen molar-refractivity contribution in [1.82, 2.24) is 4.98 Å². The normalized spacial score (nSPS) is 11.0. The molecule has 21 heavy (non-hydrogen) atoms. The second kappa shape index (κ2) is 4.93. The molecule has 0 amide bonds. The van der Waals surface area contributed by atoms with E-state index >= 15 is 0 Å². The Morgan fingerprint density at radius 1 is 1.10 bits per heavy atom. The number of benzene rings is 2. The second-order valence-electron chi connectivity index (χ2n) is 4.44. The Labute approximate surface area is 122 Å². The number of rotatable bonds is 2. The maximum absolute atomic E-state index is 13.7. The number of nitrogens with one attached hydrogen (secondary N) is 1. The van der Waals surface area contributed by atoms with Crippen LogP contribution in [-0.4, -0.2) is 10.8 Å². The summed E-state index contributed by atoms with van der Waals surface area (Å²) in [5.74, 6) is -4.44. The zero-order chi connectivity index (χ0) is 15.1. The van der Waals surface area contributed by atoms with Crippen molar-refractivity contribution >= 4 is 28.3 Å². The highest BCUT2D eigenvalue weighted by atomic mass is 35.5. The van der Waals surface area contributed by atoms with Crippen LogP contribution in [0.3, 0.4) is 0 Å². The highest BCUT2D eigenvalue weighted by molar-refractivity contribution is 6.35. The van der Waals surface area contributed by atoms with Gasteiger partial charge in [-0.25, -0.2) is 13.2 Å². The molecule has 0 bridgehead atoms. The van der Waals surface area contributed by atoms with Crippen LogP contribution in [0.4, 0.5) is 13.2 Å². The summed E-state index contributed by atoms with van der Waals surface area (Å²) in [5, 5.41) is 0.822. The SMILES string of the molecule is O=C(c1c(F)cc(F)cc1F)c1c[nH]c2c(Cl)cccc12. The molecule has 106 valence electrons. The maximum Gasteiger partial charge on any atom is 0.201 e. The Balaban J connectivity index is 2.20. The van der Waals surface area contributed by atoms with E-state index in [2.05, 4.69) is 4.98 Å². The number of hydrogen-bond donors (Lipinski definition) is 1. The first-order valence-electron chi connectivity index (χ1n) is 5.94. The summed E-state index contributed by atoms with van der Waals surface area (Å²) < 4.78 is 40.3. The highest BCUT2D eigenvalue weighted by Crippen LogP contribution is 2.28. The standard InChI is InChI=1S/C15H7ClF3NO/c16-10-3-1-2-8-9(6-20-14(8)10)15(21)13-11(18)4-7(17)5-12(13)19/h1-6,20H. The quantitative estimate of drug-likeness (QED) is 0.696. The fourth-order valence-corrected chi connectivity index (χ4v) is 2.43. The highest BCUT2D eigenvalue weighted by Gasteiger charge is 2.23. The predicted molar refractivity (Wildman–Crippen MR) is 73.1 cm³/mol. The van der Waals surface area contributed by atoms with Crippen LogP contribution in [-0.2, 0) is 0 Å². The molecule has 1 heterocycles. The number of aromatic nitrogens is 1. The molecule has 3 rings (SSSR count). The van der Waals surface area contributed by atoms with E-state index in [-0.39, 0.29) is 5.56 Å². The summed E-state index contributed by atoms with van der Waals surface area (Å²) in [6, 6.07) is 5.78. The van der Waals surface area contributed by atoms with Gasteiger partial charge in [-0.05, 0) is 6.07 Å². The predicted octanol–water partition coefficient (Wildman–Crippen LogP) is 4.47. The average molecular weight is 310 g/mol. The molecule has 0 fully saturated rings. The van der Waals surface area contributed by atoms with Gasteiger partial charge in [0.15, 0.2) is 0 Å². The van der Waals surface area contributed by atoms with Crippen molar-refractivity contribution in [2.75, 3.05) is 0 Å². The van der Waals surface area contributed by atoms with Gasteiger partial charge in [0.05, 0.1) is 16.1 Å². The summed E-state index contributed by atoms with van der Waals surface area (Å²) in [4.78, 5) is 15.1. The topological polar surface area (TPSA) is 32.9 Å². The molecule has 1 aromatic heterocycles. The monoisotopic (exact) mass is 309 g/mol. The minimum absolute atomic E-state index is 0.0666. The lowest BCUT2D eigenvalue weighted by molar-refractivity contribution is 0.103. The molecule has 3 aromatic rings. The lowest BCUT2D eigenvalue weighted by Gasteiger charge is -2.04. The van der Waals surface area contributed by atoms with Gasteiger partial charge in [-0.3, -0.25) is 4.79 Å². The third-order valence-electron chi connectivity index (χ3n) is 3.14. The number of carbonyl (C=O) groups is 1. The van der Waals surface area contributed by atoms with Crippen molar-refractivity contribution in [1.29, 1.82) is 0 Å². The Bertz CT molecular complexity index is 849. The molecule has 0 saturated heterocycles. The van der Waals surface area contributed by atoms with E-state index in [1.165, 1.54) is 6.20 Å². The lowest BCUT2D eigenvalue weighted by atomic mass is 10.0. The molecule has 0 saturated carbocycles. The molecule has 0 unspecified atom stereocenters. The van der Waals surface area contributed by atoms with Gasteiger partial charge in [0.1, 0.15) is 17.5 Å². The zero-order valence-corrected chi connectivity index (χ0v) is 11.1. The van der Waals surface area contributed by atoms with E-state index in [0.717, 1.165) is 0 Å². The van der Waals surface area contributed by atoms with E-state index in [0.29, 0.717) is 28.1 Å². The van der Waals surface area contributed by atoms with E-state index in [9.17, 15) is 18.0 Å². The third-order valence-corrected chi connectivity index (χ3v) is 3.46. The molecular weight excluding hydrogens is 303 g/mol. The molecule has 0 radical (unpaired) electrons. The zero-order valence-electron chi connectivity index (χ0n) is 10.4. The fourth-order valence-electron chi connectivity index (χ4n) is 2.20. The number of halogens is 4. The summed E-state index contributed by atoms with van der Waals surface area (Å²) in [6.07, 6.45) is 1.32. The summed E-state index contributed by atoms with van der Waals surface area (Å²) in [7, 11) is 0. The molecule has 6 heteroatoms. The van der Waals surface area contributed by atoms with E-state index in [4.69, 9.17) is 11.6 Å². The lowest BCUT2D eigenvalue weighted by Crippen LogP contribution is -2.07. The van der Waals surface area contributed by atoms with Gasteiger partial charge < -0.3 is 4.98 Å². The van der Waals surface area contributed by atoms with Crippen LogP contribution in [0.15, 0.2) is 36.5 Å². The van der Waals surface area contributed by atoms with Crippen molar-refractivity contribution in [2.45, 2.75) is 0 Å². The van der Waals surface area contributed by atoms with Gasteiger partial charge in [-0.1, -0.05) is 23.7 Å². The molecule has 0 spiro atoms. The molecule has 2 nitrogen and oxygen atoms in total. The minimum atomic E-state index is -1.24. The number of hydrogen-bond acceptors (Lipinski definition) is 1. The van der Waals surface area contributed by atoms with Crippen molar-refractivity contribution in [2.24, 2.45) is 0 Å². The Hall–Kier alpha value is -2.27. The number of aromatic amines is 1. The van der Waals surface area contributed by atoms with Crippen LogP contribution in [0, 0.1) is 17.5 Å². The molecule has 2 aromatic carbocycles. The molecule has 0 aliphatic carbocycles. The Kier molecular flexibility index (Phi) is 3.22. The van der Waals surface area contributed by atoms with Gasteiger partial charge in [0.25, 0.3) is 0 Å². The van der Waals surface area contributed by atoms with Crippen molar-refractivity contribution in [3.05, 3.63) is 70.1 Å². The number of carbonyl (C=O) groups excluding carboxylic acids is 1. The van der Waals surface area contributed by atoms with E-state index < -0.39 is 28.8 Å². The minimum Gasteiger partial charge on any atom is -0.359 e. The van der Waals surface area contributed by atoms with Gasteiger partial charge in [0, 0.05) is 29.3 Å². The molecule has 0 aliphatic rings. The van der Waals surface area contributed by atoms with E-state index in [1.807, 2.05) is 0 Å². The van der Waals surface area contributed by atoms with Crippen LogP contribution in [0.5, 0.6) is 0 Å². The fraction of sp³-hybridized carbons (Fsp3) is 0. The van der Waals surface area contributed by atoms with Crippen molar-refractivity contribution in [3.8, 4) is 0 Å². The first-order valence-corrected chi connectivity index (χ1v) is 6.31. The first-order chi connectivity index (χ1) is 9.99. The number of fused-ring (bicyclic) bond motifs is 1. The van der Waals surface area contributed by atoms with Crippen LogP contribution in [0.25, 0.3) is 10.9 Å². The summed E-state index contributed by atoms with van der Waals surface area (Å²) in [5.41, 5.74) is -0.236. The Morgan fingerprint density at radius 2 is 1.76 bits per heavy atom. The van der Waals surface area contributed by atoms with Crippen LogP contribution < -0.4 is 0 Å². The van der Waals surface area contributed by atoms with Crippen LogP contribution in [0.2, 0.25) is 5.02 Å². The molecule has 0 aliphatic heterocycles. The smallest absolute Gasteiger partial charge is 0.201 e. The van der Waals surface area contributed by atoms with Crippen molar-refractivity contribution < 1.29 is 18.0 Å². The van der Waals surface area contributed by atoms with Gasteiger partial charge in [0.2, 0.25) is 5.78 Å².